The van der Waals surface area contributed by atoms with Gasteiger partial charge in [0.15, 0.2) is 0 Å². The van der Waals surface area contributed by atoms with Crippen molar-refractivity contribution >= 4 is 11.9 Å². The number of urea groups is 1. The fraction of sp³-hybridized carbons (Fsp3) is 0.429. The molecular formula is C21H30N4O2. The SMILES string of the molecule is C=C(CC1NC(=O)NC1=C)NC(C)C.CCc1ccc2c(c1)C(=O)N(C)C2. The van der Waals surface area contributed by atoms with E-state index >= 15 is 0 Å². The Morgan fingerprint density at radius 3 is 2.63 bits per heavy atom. The van der Waals surface area contributed by atoms with Crippen LogP contribution in [0.2, 0.25) is 0 Å². The van der Waals surface area contributed by atoms with E-state index in [1.54, 1.807) is 4.90 Å². The molecule has 0 bridgehead atoms. The summed E-state index contributed by atoms with van der Waals surface area (Å²) in [7, 11) is 1.84. The molecule has 2 heterocycles. The number of nitrogens with one attached hydrogen (secondary N) is 3. The van der Waals surface area contributed by atoms with Crippen molar-refractivity contribution in [2.24, 2.45) is 0 Å². The third-order valence-electron chi connectivity index (χ3n) is 4.51. The number of fused-ring (bicyclic) bond motifs is 1. The smallest absolute Gasteiger partial charge is 0.319 e. The number of nitrogens with zero attached hydrogens (tertiary/aromatic N) is 1. The number of carbonyl (C=O) groups is 2. The summed E-state index contributed by atoms with van der Waals surface area (Å²) in [6.07, 6.45) is 1.67. The van der Waals surface area contributed by atoms with Gasteiger partial charge in [-0.3, -0.25) is 4.79 Å². The number of amides is 3. The monoisotopic (exact) mass is 370 g/mol. The van der Waals surface area contributed by atoms with Gasteiger partial charge >= 0.3 is 6.03 Å². The average molecular weight is 370 g/mol. The van der Waals surface area contributed by atoms with E-state index in [-0.39, 0.29) is 18.0 Å². The van der Waals surface area contributed by atoms with Crippen LogP contribution < -0.4 is 16.0 Å². The number of hydrogen-bond acceptors (Lipinski definition) is 3. The molecule has 3 amide bonds. The summed E-state index contributed by atoms with van der Waals surface area (Å²) in [5, 5.41) is 8.56. The average Bonchev–Trinajstić information content (AvgIpc) is 3.05. The number of carbonyl (C=O) groups excluding carboxylic acids is 2. The van der Waals surface area contributed by atoms with Gasteiger partial charge in [0.25, 0.3) is 5.91 Å². The molecule has 146 valence electrons. The first-order valence-corrected chi connectivity index (χ1v) is 9.29. The van der Waals surface area contributed by atoms with Crippen molar-refractivity contribution in [3.63, 3.8) is 0 Å². The van der Waals surface area contributed by atoms with Crippen molar-refractivity contribution in [3.05, 3.63) is 59.4 Å². The first-order valence-electron chi connectivity index (χ1n) is 9.29. The Labute approximate surface area is 161 Å². The van der Waals surface area contributed by atoms with E-state index in [1.807, 2.05) is 27.0 Å². The fourth-order valence-corrected chi connectivity index (χ4v) is 3.12. The summed E-state index contributed by atoms with van der Waals surface area (Å²) in [4.78, 5) is 24.3. The van der Waals surface area contributed by atoms with Crippen LogP contribution in [0, 0.1) is 0 Å². The molecule has 3 N–H and O–H groups in total. The van der Waals surface area contributed by atoms with Crippen LogP contribution in [0.15, 0.2) is 42.8 Å². The lowest BCUT2D eigenvalue weighted by atomic mass is 10.0. The van der Waals surface area contributed by atoms with Crippen molar-refractivity contribution < 1.29 is 9.59 Å². The first-order chi connectivity index (χ1) is 12.7. The molecule has 2 aliphatic rings. The third kappa shape index (κ3) is 5.36. The van der Waals surface area contributed by atoms with Crippen LogP contribution in [-0.2, 0) is 13.0 Å². The topological polar surface area (TPSA) is 73.5 Å². The summed E-state index contributed by atoms with van der Waals surface area (Å²) in [5.74, 6) is 0.158. The van der Waals surface area contributed by atoms with Crippen LogP contribution in [0.1, 0.15) is 48.7 Å². The Hall–Kier alpha value is -2.76. The Balaban J connectivity index is 0.000000194. The largest absolute Gasteiger partial charge is 0.387 e. The number of aryl methyl sites for hydroxylation is 1. The molecule has 0 spiro atoms. The summed E-state index contributed by atoms with van der Waals surface area (Å²) >= 11 is 0. The van der Waals surface area contributed by atoms with Crippen molar-refractivity contribution in [2.45, 2.75) is 52.2 Å². The van der Waals surface area contributed by atoms with Gasteiger partial charge in [-0.15, -0.1) is 0 Å². The second kappa shape index (κ2) is 8.75. The van der Waals surface area contributed by atoms with Gasteiger partial charge in [0.2, 0.25) is 0 Å². The molecule has 0 saturated carbocycles. The van der Waals surface area contributed by atoms with Crippen LogP contribution in [0.4, 0.5) is 4.79 Å². The quantitative estimate of drug-likeness (QED) is 0.746. The van der Waals surface area contributed by atoms with Gasteiger partial charge < -0.3 is 20.9 Å². The molecule has 1 saturated heterocycles. The summed E-state index contributed by atoms with van der Waals surface area (Å²) in [5.41, 5.74) is 4.91. The van der Waals surface area contributed by atoms with Gasteiger partial charge in [-0.05, 0) is 37.5 Å². The van der Waals surface area contributed by atoms with Gasteiger partial charge in [-0.25, -0.2) is 4.79 Å². The van der Waals surface area contributed by atoms with E-state index < -0.39 is 0 Å². The van der Waals surface area contributed by atoms with Gasteiger partial charge in [0, 0.05) is 43.0 Å². The highest BCUT2D eigenvalue weighted by atomic mass is 16.2. The predicted octanol–water partition coefficient (Wildman–Crippen LogP) is 2.92. The van der Waals surface area contributed by atoms with Gasteiger partial charge in [0.1, 0.15) is 0 Å². The Morgan fingerprint density at radius 1 is 1.37 bits per heavy atom. The Morgan fingerprint density at radius 2 is 2.07 bits per heavy atom. The lowest BCUT2D eigenvalue weighted by molar-refractivity contribution is 0.0816. The molecule has 1 aromatic rings. The third-order valence-corrected chi connectivity index (χ3v) is 4.51. The van der Waals surface area contributed by atoms with Crippen LogP contribution in [0.25, 0.3) is 0 Å². The molecule has 1 unspecified atom stereocenters. The minimum Gasteiger partial charge on any atom is -0.387 e. The lowest BCUT2D eigenvalue weighted by Gasteiger charge is -2.16. The zero-order valence-corrected chi connectivity index (χ0v) is 16.7. The second-order valence-electron chi connectivity index (χ2n) is 7.29. The van der Waals surface area contributed by atoms with Crippen LogP contribution >= 0.6 is 0 Å². The molecule has 3 rings (SSSR count). The zero-order valence-electron chi connectivity index (χ0n) is 16.7. The van der Waals surface area contributed by atoms with E-state index in [0.717, 1.165) is 29.8 Å². The maximum absolute atomic E-state index is 11.6. The van der Waals surface area contributed by atoms with Crippen molar-refractivity contribution in [3.8, 4) is 0 Å². The maximum atomic E-state index is 11.6. The summed E-state index contributed by atoms with van der Waals surface area (Å²) < 4.78 is 0. The number of rotatable bonds is 5. The standard InChI is InChI=1S/C11H13NO.C10H17N3O/c1-3-8-4-5-9-7-12(2)11(13)10(9)6-8;1-6(2)11-7(3)5-9-8(4)12-10(14)13-9/h4-6H,3,7H2,1-2H3;6,9,11H,3-5H2,1-2H3,(H2,12,13,14). The minimum absolute atomic E-state index is 0.0405. The normalized spacial score (nSPS) is 17.9. The molecule has 6 nitrogen and oxygen atoms in total. The van der Waals surface area contributed by atoms with Gasteiger partial charge in [-0.1, -0.05) is 32.2 Å². The van der Waals surface area contributed by atoms with Crippen molar-refractivity contribution in [2.75, 3.05) is 7.05 Å². The van der Waals surface area contributed by atoms with Crippen molar-refractivity contribution in [1.29, 1.82) is 0 Å². The molecule has 2 aliphatic heterocycles. The van der Waals surface area contributed by atoms with E-state index in [4.69, 9.17) is 0 Å². The Bertz CT molecular complexity index is 755. The van der Waals surface area contributed by atoms with E-state index in [2.05, 4.69) is 48.2 Å². The molecule has 6 heteroatoms. The molecule has 27 heavy (non-hydrogen) atoms. The predicted molar refractivity (Wildman–Crippen MR) is 108 cm³/mol. The molecule has 1 fully saturated rings. The zero-order chi connectivity index (χ0) is 20.1. The van der Waals surface area contributed by atoms with Crippen LogP contribution in [0.5, 0.6) is 0 Å². The van der Waals surface area contributed by atoms with E-state index in [9.17, 15) is 9.59 Å². The maximum Gasteiger partial charge on any atom is 0.319 e. The van der Waals surface area contributed by atoms with Crippen molar-refractivity contribution in [1.82, 2.24) is 20.9 Å². The fourth-order valence-electron chi connectivity index (χ4n) is 3.12. The number of benzene rings is 1. The molecule has 1 aromatic carbocycles. The van der Waals surface area contributed by atoms with E-state index in [1.165, 1.54) is 5.56 Å². The molecule has 0 radical (unpaired) electrons. The number of hydrogen-bond donors (Lipinski definition) is 3. The summed E-state index contributed by atoms with van der Waals surface area (Å²) in [6, 6.07) is 6.32. The minimum atomic E-state index is -0.183. The van der Waals surface area contributed by atoms with Crippen LogP contribution in [0.3, 0.4) is 0 Å². The highest BCUT2D eigenvalue weighted by Gasteiger charge is 2.25. The summed E-state index contributed by atoms with van der Waals surface area (Å²) in [6.45, 7) is 14.6. The first kappa shape index (κ1) is 20.6. The molecular weight excluding hydrogens is 340 g/mol. The van der Waals surface area contributed by atoms with Gasteiger partial charge in [-0.2, -0.15) is 0 Å². The van der Waals surface area contributed by atoms with Crippen LogP contribution in [-0.4, -0.2) is 36.0 Å². The van der Waals surface area contributed by atoms with E-state index in [0.29, 0.717) is 18.2 Å². The molecule has 0 aliphatic carbocycles. The highest BCUT2D eigenvalue weighted by Crippen LogP contribution is 2.22. The highest BCUT2D eigenvalue weighted by molar-refractivity contribution is 5.98. The van der Waals surface area contributed by atoms with Gasteiger partial charge in [0.05, 0.1) is 6.04 Å². The molecule has 0 aromatic heterocycles. The second-order valence-corrected chi connectivity index (χ2v) is 7.29. The molecule has 1 atom stereocenters. The lowest BCUT2D eigenvalue weighted by Crippen LogP contribution is -2.30. The Kier molecular flexibility index (Phi) is 6.66.